The van der Waals surface area contributed by atoms with Crippen LogP contribution < -0.4 is 19.1 Å². The molecule has 1 atom stereocenters. The molecule has 5 rings (SSSR count). The number of pyridine rings is 2. The van der Waals surface area contributed by atoms with Gasteiger partial charge in [0.25, 0.3) is 0 Å². The van der Waals surface area contributed by atoms with Gasteiger partial charge in [0.05, 0.1) is 36.9 Å². The first-order valence-electron chi connectivity index (χ1n) is 13.8. The number of nitrogens with zero attached hydrogens (tertiary/aromatic N) is 4. The molecule has 1 aromatic carbocycles. The summed E-state index contributed by atoms with van der Waals surface area (Å²) in [6, 6.07) is 11.0. The van der Waals surface area contributed by atoms with Gasteiger partial charge in [0.1, 0.15) is 24.9 Å². The van der Waals surface area contributed by atoms with Crippen molar-refractivity contribution in [2.45, 2.75) is 45.3 Å². The Kier molecular flexibility index (Phi) is 8.44. The fourth-order valence-electron chi connectivity index (χ4n) is 4.89. The Balaban J connectivity index is 1.25. The second-order valence-electron chi connectivity index (χ2n) is 11.0. The summed E-state index contributed by atoms with van der Waals surface area (Å²) in [5, 5.41) is 0. The minimum atomic E-state index is -0.588. The van der Waals surface area contributed by atoms with Crippen molar-refractivity contribution in [2.24, 2.45) is 0 Å². The van der Waals surface area contributed by atoms with Crippen LogP contribution in [0.4, 0.5) is 10.5 Å². The quantitative estimate of drug-likeness (QED) is 0.335. The predicted octanol–water partition coefficient (Wildman–Crippen LogP) is 4.01. The van der Waals surface area contributed by atoms with Crippen LogP contribution in [0.5, 0.6) is 17.4 Å². The lowest BCUT2D eigenvalue weighted by molar-refractivity contribution is -0.156. The summed E-state index contributed by atoms with van der Waals surface area (Å²) in [6.45, 7) is 8.14. The third kappa shape index (κ3) is 7.15. The van der Waals surface area contributed by atoms with Crippen molar-refractivity contribution in [1.82, 2.24) is 14.9 Å². The molecule has 1 amide bonds. The highest BCUT2D eigenvalue weighted by molar-refractivity contribution is 5.90. The SMILES string of the molecule is COc1ccc2nccc(CCN(CCC3CN(c4ccc5c(c4)OCCO5)C(=O)O3)CC(=O)OC(C)(C)C)c2n1. The van der Waals surface area contributed by atoms with Crippen LogP contribution in [0.15, 0.2) is 42.6 Å². The molecule has 11 nitrogen and oxygen atoms in total. The van der Waals surface area contributed by atoms with Gasteiger partial charge in [-0.25, -0.2) is 9.78 Å². The van der Waals surface area contributed by atoms with E-state index in [1.165, 1.54) is 0 Å². The van der Waals surface area contributed by atoms with E-state index in [0.717, 1.165) is 16.6 Å². The molecular formula is C30H36N4O7. The molecule has 1 saturated heterocycles. The normalized spacial score (nSPS) is 16.7. The third-order valence-electron chi connectivity index (χ3n) is 6.80. The van der Waals surface area contributed by atoms with Crippen molar-refractivity contribution in [3.05, 3.63) is 48.2 Å². The molecule has 2 aromatic heterocycles. The summed E-state index contributed by atoms with van der Waals surface area (Å²) in [5.41, 5.74) is 2.65. The third-order valence-corrected chi connectivity index (χ3v) is 6.80. The number of anilines is 1. The zero-order chi connectivity index (χ0) is 29.0. The molecule has 2 aliphatic rings. The van der Waals surface area contributed by atoms with Gasteiger partial charge in [-0.3, -0.25) is 19.6 Å². The summed E-state index contributed by atoms with van der Waals surface area (Å²) in [6.07, 6.45) is 2.21. The van der Waals surface area contributed by atoms with Crippen molar-refractivity contribution in [3.63, 3.8) is 0 Å². The number of hydrogen-bond donors (Lipinski definition) is 0. The van der Waals surface area contributed by atoms with Gasteiger partial charge in [-0.05, 0) is 63.4 Å². The number of methoxy groups -OCH3 is 1. The van der Waals surface area contributed by atoms with Gasteiger partial charge < -0.3 is 23.7 Å². The van der Waals surface area contributed by atoms with Crippen LogP contribution in [0.2, 0.25) is 0 Å². The monoisotopic (exact) mass is 564 g/mol. The number of amides is 1. The van der Waals surface area contributed by atoms with Gasteiger partial charge in [0, 0.05) is 31.4 Å². The topological polar surface area (TPSA) is 113 Å². The van der Waals surface area contributed by atoms with Gasteiger partial charge in [0.15, 0.2) is 11.5 Å². The molecule has 11 heteroatoms. The smallest absolute Gasteiger partial charge is 0.414 e. The number of carbonyl (C=O) groups is 2. The Labute approximate surface area is 239 Å². The van der Waals surface area contributed by atoms with Crippen LogP contribution in [0.1, 0.15) is 32.8 Å². The second-order valence-corrected chi connectivity index (χ2v) is 11.0. The van der Waals surface area contributed by atoms with Crippen LogP contribution in [-0.4, -0.2) is 85.1 Å². The molecule has 1 unspecified atom stereocenters. The first-order valence-corrected chi connectivity index (χ1v) is 13.8. The summed E-state index contributed by atoms with van der Waals surface area (Å²) >= 11 is 0. The number of aromatic nitrogens is 2. The predicted molar refractivity (Wildman–Crippen MR) is 152 cm³/mol. The van der Waals surface area contributed by atoms with E-state index in [4.69, 9.17) is 23.7 Å². The Morgan fingerprint density at radius 3 is 2.68 bits per heavy atom. The molecular weight excluding hydrogens is 528 g/mol. The molecule has 0 spiro atoms. The zero-order valence-electron chi connectivity index (χ0n) is 23.9. The molecule has 41 heavy (non-hydrogen) atoms. The van der Waals surface area contributed by atoms with E-state index in [2.05, 4.69) is 9.97 Å². The van der Waals surface area contributed by atoms with Gasteiger partial charge in [-0.2, -0.15) is 0 Å². The second kappa shape index (κ2) is 12.2. The molecule has 0 saturated carbocycles. The Bertz CT molecular complexity index is 1410. The standard InChI is InChI=1S/C30H36N4O7/c1-30(2,3)41-27(35)19-33(13-10-20-9-12-31-23-6-8-26(37-4)32-28(20)23)14-11-22-18-34(29(36)40-22)21-5-7-24-25(17-21)39-16-15-38-24/h5-9,12,17,22H,10-11,13-16,18-19H2,1-4H3. The van der Waals surface area contributed by atoms with Crippen molar-refractivity contribution < 1.29 is 33.3 Å². The summed E-state index contributed by atoms with van der Waals surface area (Å²) in [5.74, 6) is 1.49. The number of esters is 1. The van der Waals surface area contributed by atoms with E-state index in [0.29, 0.717) is 68.8 Å². The highest BCUT2D eigenvalue weighted by Crippen LogP contribution is 2.35. The number of fused-ring (bicyclic) bond motifs is 2. The van der Waals surface area contributed by atoms with E-state index in [1.807, 2.05) is 43.9 Å². The number of carbonyl (C=O) groups excluding carboxylic acids is 2. The summed E-state index contributed by atoms with van der Waals surface area (Å²) < 4.78 is 27.9. The van der Waals surface area contributed by atoms with Crippen molar-refractivity contribution in [3.8, 4) is 17.4 Å². The van der Waals surface area contributed by atoms with Gasteiger partial charge in [-0.1, -0.05) is 0 Å². The average molecular weight is 565 g/mol. The summed E-state index contributed by atoms with van der Waals surface area (Å²) in [7, 11) is 1.58. The van der Waals surface area contributed by atoms with Gasteiger partial charge >= 0.3 is 12.1 Å². The van der Waals surface area contributed by atoms with Crippen molar-refractivity contribution in [2.75, 3.05) is 51.4 Å². The van der Waals surface area contributed by atoms with E-state index >= 15 is 0 Å². The minimum absolute atomic E-state index is 0.115. The lowest BCUT2D eigenvalue weighted by Gasteiger charge is -2.26. The Hall–Kier alpha value is -4.12. The highest BCUT2D eigenvalue weighted by Gasteiger charge is 2.33. The molecule has 4 heterocycles. The van der Waals surface area contributed by atoms with Crippen LogP contribution in [0.25, 0.3) is 11.0 Å². The van der Waals surface area contributed by atoms with E-state index < -0.39 is 11.7 Å². The van der Waals surface area contributed by atoms with Crippen LogP contribution in [-0.2, 0) is 20.7 Å². The van der Waals surface area contributed by atoms with Gasteiger partial charge in [-0.15, -0.1) is 0 Å². The maximum atomic E-state index is 12.8. The average Bonchev–Trinajstić information content (AvgIpc) is 3.33. The van der Waals surface area contributed by atoms with Crippen molar-refractivity contribution >= 4 is 28.8 Å². The fourth-order valence-corrected chi connectivity index (χ4v) is 4.89. The van der Waals surface area contributed by atoms with E-state index in [1.54, 1.807) is 36.4 Å². The molecule has 0 radical (unpaired) electrons. The maximum absolute atomic E-state index is 12.8. The van der Waals surface area contributed by atoms with Crippen molar-refractivity contribution in [1.29, 1.82) is 0 Å². The molecule has 0 N–H and O–H groups in total. The zero-order valence-corrected chi connectivity index (χ0v) is 23.9. The van der Waals surface area contributed by atoms with E-state index in [9.17, 15) is 9.59 Å². The molecule has 0 bridgehead atoms. The molecule has 218 valence electrons. The molecule has 3 aromatic rings. The number of cyclic esters (lactones) is 1. The lowest BCUT2D eigenvalue weighted by Crippen LogP contribution is -2.38. The number of rotatable bonds is 10. The largest absolute Gasteiger partial charge is 0.486 e. The number of ether oxygens (including phenoxy) is 5. The first kappa shape index (κ1) is 28.4. The summed E-state index contributed by atoms with van der Waals surface area (Å²) in [4.78, 5) is 38.1. The number of benzene rings is 1. The number of hydrogen-bond acceptors (Lipinski definition) is 10. The fraction of sp³-hybridized carbons (Fsp3) is 0.467. The Morgan fingerprint density at radius 1 is 1.10 bits per heavy atom. The van der Waals surface area contributed by atoms with Crippen LogP contribution >= 0.6 is 0 Å². The lowest BCUT2D eigenvalue weighted by atomic mass is 10.1. The van der Waals surface area contributed by atoms with E-state index in [-0.39, 0.29) is 18.6 Å². The minimum Gasteiger partial charge on any atom is -0.486 e. The maximum Gasteiger partial charge on any atom is 0.414 e. The van der Waals surface area contributed by atoms with Gasteiger partial charge in [0.2, 0.25) is 5.88 Å². The molecule has 1 fully saturated rings. The van der Waals surface area contributed by atoms with Crippen LogP contribution in [0, 0.1) is 0 Å². The molecule has 0 aliphatic carbocycles. The highest BCUT2D eigenvalue weighted by atomic mass is 16.6. The first-order chi connectivity index (χ1) is 19.7. The Morgan fingerprint density at radius 2 is 1.90 bits per heavy atom. The van der Waals surface area contributed by atoms with Crippen LogP contribution in [0.3, 0.4) is 0 Å². The molecule has 2 aliphatic heterocycles.